The average Bonchev–Trinajstić information content (AvgIpc) is 3.52. The second-order valence-corrected chi connectivity index (χ2v) is 7.55. The molecule has 3 unspecified atom stereocenters. The molecule has 0 spiro atoms. The van der Waals surface area contributed by atoms with Crippen LogP contribution in [0.5, 0.6) is 0 Å². The van der Waals surface area contributed by atoms with E-state index in [2.05, 4.69) is 0 Å². The van der Waals surface area contributed by atoms with Crippen LogP contribution in [-0.4, -0.2) is 29.9 Å². The molecule has 1 amide bonds. The number of fused-ring (bicyclic) bond motifs is 1. The molecule has 1 heterocycles. The van der Waals surface area contributed by atoms with Gasteiger partial charge in [0, 0.05) is 18.9 Å². The maximum atomic E-state index is 13.1. The molecule has 3 atom stereocenters. The Balaban J connectivity index is 1.52. The first kappa shape index (κ1) is 19.5. The van der Waals surface area contributed by atoms with E-state index in [-0.39, 0.29) is 17.7 Å². The molecule has 1 aliphatic heterocycles. The molecule has 1 fully saturated rings. The normalized spacial score (nSPS) is 23.3. The molecule has 1 saturated carbocycles. The fourth-order valence-electron chi connectivity index (χ4n) is 4.07. The van der Waals surface area contributed by atoms with Crippen molar-refractivity contribution in [3.05, 3.63) is 70.8 Å². The Morgan fingerprint density at radius 3 is 2.31 bits per heavy atom. The quantitative estimate of drug-likeness (QED) is 0.730. The summed E-state index contributed by atoms with van der Waals surface area (Å²) < 4.78 is 43.2. The average molecular weight is 403 g/mol. The van der Waals surface area contributed by atoms with E-state index in [4.69, 9.17) is 4.74 Å². The van der Waals surface area contributed by atoms with Crippen molar-refractivity contribution < 1.29 is 27.5 Å². The topological polar surface area (TPSA) is 46.6 Å². The lowest BCUT2D eigenvalue weighted by Crippen LogP contribution is -2.49. The van der Waals surface area contributed by atoms with Gasteiger partial charge in [-0.25, -0.2) is 4.79 Å². The van der Waals surface area contributed by atoms with Crippen LogP contribution in [0.15, 0.2) is 48.5 Å². The number of hydrogen-bond acceptors (Lipinski definition) is 3. The fourth-order valence-corrected chi connectivity index (χ4v) is 4.07. The van der Waals surface area contributed by atoms with Gasteiger partial charge in [0.15, 0.2) is 0 Å². The highest BCUT2D eigenvalue weighted by Gasteiger charge is 2.49. The maximum Gasteiger partial charge on any atom is 0.416 e. The molecule has 2 aliphatic rings. The molecule has 0 N–H and O–H groups in total. The Labute approximate surface area is 166 Å². The van der Waals surface area contributed by atoms with Crippen LogP contribution in [0.4, 0.5) is 13.2 Å². The zero-order valence-corrected chi connectivity index (χ0v) is 15.8. The number of hydrogen-bond donors (Lipinski definition) is 0. The molecule has 1 aliphatic carbocycles. The Morgan fingerprint density at radius 1 is 1.03 bits per heavy atom. The van der Waals surface area contributed by atoms with Gasteiger partial charge in [-0.2, -0.15) is 13.2 Å². The van der Waals surface area contributed by atoms with Gasteiger partial charge in [-0.15, -0.1) is 0 Å². The van der Waals surface area contributed by atoms with Gasteiger partial charge in [0.2, 0.25) is 5.91 Å². The van der Waals surface area contributed by atoms with E-state index in [0.717, 1.165) is 23.3 Å². The lowest BCUT2D eigenvalue weighted by Gasteiger charge is -2.35. The number of benzene rings is 2. The number of nitrogens with zero attached hydrogens (tertiary/aromatic N) is 1. The summed E-state index contributed by atoms with van der Waals surface area (Å²) >= 11 is 0. The third-order valence-corrected chi connectivity index (χ3v) is 5.78. The first-order chi connectivity index (χ1) is 13.8. The molecule has 0 radical (unpaired) electrons. The van der Waals surface area contributed by atoms with Crippen LogP contribution in [0.25, 0.3) is 0 Å². The lowest BCUT2D eigenvalue weighted by atomic mass is 9.93. The zero-order chi connectivity index (χ0) is 20.8. The monoisotopic (exact) mass is 403 g/mol. The molecule has 152 valence electrons. The molecule has 4 nitrogen and oxygen atoms in total. The second kappa shape index (κ2) is 7.21. The van der Waals surface area contributed by atoms with Crippen LogP contribution in [0.2, 0.25) is 0 Å². The predicted octanol–water partition coefficient (Wildman–Crippen LogP) is 3.94. The summed E-state index contributed by atoms with van der Waals surface area (Å²) in [6, 6.07) is 11.9. The SMILES string of the molecule is COC(=O)C1Cc2ccccc2CN1C(=O)C1CC1c1ccc(C(F)(F)F)cc1. The van der Waals surface area contributed by atoms with Crippen molar-refractivity contribution in [2.45, 2.75) is 37.5 Å². The number of carbonyl (C=O) groups excluding carboxylic acids is 2. The number of ether oxygens (including phenoxy) is 1. The molecule has 0 aromatic heterocycles. The Hall–Kier alpha value is -2.83. The summed E-state index contributed by atoms with van der Waals surface area (Å²) in [5.41, 5.74) is 2.02. The number of amides is 1. The first-order valence-corrected chi connectivity index (χ1v) is 9.42. The van der Waals surface area contributed by atoms with Gasteiger partial charge >= 0.3 is 12.1 Å². The summed E-state index contributed by atoms with van der Waals surface area (Å²) in [5, 5.41) is 0. The molecule has 0 saturated heterocycles. The van der Waals surface area contributed by atoms with Crippen molar-refractivity contribution in [1.82, 2.24) is 4.90 Å². The minimum atomic E-state index is -4.38. The summed E-state index contributed by atoms with van der Waals surface area (Å²) in [4.78, 5) is 27.0. The minimum absolute atomic E-state index is 0.125. The number of halogens is 3. The molecule has 7 heteroatoms. The van der Waals surface area contributed by atoms with Crippen LogP contribution in [0.3, 0.4) is 0 Å². The van der Waals surface area contributed by atoms with Crippen LogP contribution >= 0.6 is 0 Å². The lowest BCUT2D eigenvalue weighted by molar-refractivity contribution is -0.154. The molecule has 2 aromatic carbocycles. The standard InChI is InChI=1S/C22H20F3NO3/c1-29-21(28)19-10-14-4-2-3-5-15(14)12-26(19)20(27)18-11-17(18)13-6-8-16(9-7-13)22(23,24)25/h2-9,17-19H,10-12H2,1H3. The highest BCUT2D eigenvalue weighted by atomic mass is 19.4. The van der Waals surface area contributed by atoms with Crippen LogP contribution < -0.4 is 0 Å². The molecular formula is C22H20F3NO3. The molecular weight excluding hydrogens is 383 g/mol. The molecule has 0 bridgehead atoms. The maximum absolute atomic E-state index is 13.1. The Kier molecular flexibility index (Phi) is 4.84. The summed E-state index contributed by atoms with van der Waals surface area (Å²) in [7, 11) is 1.30. The van der Waals surface area contributed by atoms with E-state index < -0.39 is 23.8 Å². The van der Waals surface area contributed by atoms with Crippen molar-refractivity contribution >= 4 is 11.9 Å². The van der Waals surface area contributed by atoms with Gasteiger partial charge in [0.1, 0.15) is 6.04 Å². The van der Waals surface area contributed by atoms with Crippen molar-refractivity contribution in [3.63, 3.8) is 0 Å². The summed E-state index contributed by atoms with van der Waals surface area (Å²) in [5.74, 6) is -1.07. The Bertz CT molecular complexity index is 939. The first-order valence-electron chi connectivity index (χ1n) is 9.42. The van der Waals surface area contributed by atoms with E-state index in [1.54, 1.807) is 4.90 Å². The number of carbonyl (C=O) groups is 2. The summed E-state index contributed by atoms with van der Waals surface area (Å²) in [6.07, 6.45) is -3.42. The smallest absolute Gasteiger partial charge is 0.416 e. The third-order valence-electron chi connectivity index (χ3n) is 5.78. The van der Waals surface area contributed by atoms with Gasteiger partial charge in [-0.3, -0.25) is 4.79 Å². The fraction of sp³-hybridized carbons (Fsp3) is 0.364. The van der Waals surface area contributed by atoms with E-state index in [9.17, 15) is 22.8 Å². The molecule has 2 aromatic rings. The number of esters is 1. The second-order valence-electron chi connectivity index (χ2n) is 7.55. The van der Waals surface area contributed by atoms with E-state index in [0.29, 0.717) is 24.9 Å². The summed E-state index contributed by atoms with van der Waals surface area (Å²) in [6.45, 7) is 0.324. The molecule has 29 heavy (non-hydrogen) atoms. The minimum Gasteiger partial charge on any atom is -0.467 e. The zero-order valence-electron chi connectivity index (χ0n) is 15.8. The van der Waals surface area contributed by atoms with Gasteiger partial charge in [-0.1, -0.05) is 36.4 Å². The number of alkyl halides is 3. The van der Waals surface area contributed by atoms with E-state index >= 15 is 0 Å². The van der Waals surface area contributed by atoms with Crippen LogP contribution in [-0.2, 0) is 33.5 Å². The highest BCUT2D eigenvalue weighted by molar-refractivity contribution is 5.89. The van der Waals surface area contributed by atoms with Gasteiger partial charge in [0.25, 0.3) is 0 Å². The van der Waals surface area contributed by atoms with Crippen LogP contribution in [0, 0.1) is 5.92 Å². The van der Waals surface area contributed by atoms with E-state index in [1.807, 2.05) is 24.3 Å². The van der Waals surface area contributed by atoms with E-state index in [1.165, 1.54) is 19.2 Å². The predicted molar refractivity (Wildman–Crippen MR) is 98.8 cm³/mol. The Morgan fingerprint density at radius 2 is 1.69 bits per heavy atom. The van der Waals surface area contributed by atoms with Crippen molar-refractivity contribution in [1.29, 1.82) is 0 Å². The number of rotatable bonds is 3. The van der Waals surface area contributed by atoms with Crippen molar-refractivity contribution in [2.75, 3.05) is 7.11 Å². The van der Waals surface area contributed by atoms with Gasteiger partial charge in [-0.05, 0) is 41.2 Å². The highest BCUT2D eigenvalue weighted by Crippen LogP contribution is 2.49. The third kappa shape index (κ3) is 3.73. The van der Waals surface area contributed by atoms with Gasteiger partial charge in [0.05, 0.1) is 12.7 Å². The molecule has 4 rings (SSSR count). The van der Waals surface area contributed by atoms with Crippen molar-refractivity contribution in [2.24, 2.45) is 5.92 Å². The van der Waals surface area contributed by atoms with Gasteiger partial charge < -0.3 is 9.64 Å². The largest absolute Gasteiger partial charge is 0.467 e. The number of methoxy groups -OCH3 is 1. The van der Waals surface area contributed by atoms with Crippen LogP contribution in [0.1, 0.15) is 34.6 Å². The van der Waals surface area contributed by atoms with Crippen molar-refractivity contribution in [3.8, 4) is 0 Å².